The van der Waals surface area contributed by atoms with Crippen molar-refractivity contribution in [2.75, 3.05) is 14.2 Å². The van der Waals surface area contributed by atoms with E-state index in [1.54, 1.807) is 55.7 Å². The number of para-hydroxylation sites is 1. The van der Waals surface area contributed by atoms with Crippen molar-refractivity contribution in [1.82, 2.24) is 0 Å². The highest BCUT2D eigenvalue weighted by atomic mass is 79.9. The lowest BCUT2D eigenvalue weighted by molar-refractivity contribution is 0.0731. The first kappa shape index (κ1) is 20.7. The molecule has 0 spiro atoms. The van der Waals surface area contributed by atoms with Gasteiger partial charge in [0.2, 0.25) is 5.78 Å². The Morgan fingerprint density at radius 1 is 0.968 bits per heavy atom. The van der Waals surface area contributed by atoms with Crippen molar-refractivity contribution in [2.24, 2.45) is 0 Å². The molecule has 0 amide bonds. The molecule has 1 aliphatic rings. The Labute approximate surface area is 187 Å². The normalized spacial score (nSPS) is 13.5. The number of ether oxygens (including phenoxy) is 4. The van der Waals surface area contributed by atoms with Gasteiger partial charge in [-0.05, 0) is 48.5 Å². The predicted octanol–water partition coefficient (Wildman–Crippen LogP) is 5.30. The Kier molecular flexibility index (Phi) is 5.77. The fourth-order valence-electron chi connectivity index (χ4n) is 3.17. The van der Waals surface area contributed by atoms with Crippen LogP contribution in [-0.4, -0.2) is 26.0 Å². The molecule has 0 N–H and O–H groups in total. The van der Waals surface area contributed by atoms with E-state index in [1.165, 1.54) is 13.2 Å². The lowest BCUT2D eigenvalue weighted by Crippen LogP contribution is -2.10. The van der Waals surface area contributed by atoms with E-state index >= 15 is 0 Å². The molecule has 3 aromatic carbocycles. The lowest BCUT2D eigenvalue weighted by atomic mass is 10.1. The van der Waals surface area contributed by atoms with Crippen molar-refractivity contribution in [1.29, 1.82) is 0 Å². The zero-order chi connectivity index (χ0) is 22.0. The predicted molar refractivity (Wildman–Crippen MR) is 118 cm³/mol. The number of hydrogen-bond acceptors (Lipinski definition) is 6. The number of methoxy groups -OCH3 is 2. The lowest BCUT2D eigenvalue weighted by Gasteiger charge is -2.09. The minimum atomic E-state index is -0.573. The molecule has 4 rings (SSSR count). The number of hydrogen-bond donors (Lipinski definition) is 0. The molecule has 7 heteroatoms. The monoisotopic (exact) mass is 480 g/mol. The number of allylic oxidation sites excluding steroid dienone is 1. The van der Waals surface area contributed by atoms with Crippen molar-refractivity contribution >= 4 is 33.8 Å². The minimum Gasteiger partial charge on any atom is -0.496 e. The average molecular weight is 481 g/mol. The molecule has 1 heterocycles. The van der Waals surface area contributed by atoms with Gasteiger partial charge in [-0.15, -0.1) is 0 Å². The van der Waals surface area contributed by atoms with Gasteiger partial charge in [-0.25, -0.2) is 4.79 Å². The van der Waals surface area contributed by atoms with Crippen LogP contribution < -0.4 is 18.9 Å². The first-order valence-corrected chi connectivity index (χ1v) is 10.1. The first-order chi connectivity index (χ1) is 15.0. The number of carbonyl (C=O) groups is 2. The smallest absolute Gasteiger partial charge is 0.347 e. The summed E-state index contributed by atoms with van der Waals surface area (Å²) in [7, 11) is 3.04. The van der Waals surface area contributed by atoms with Crippen LogP contribution in [0.4, 0.5) is 0 Å². The fourth-order valence-corrected chi connectivity index (χ4v) is 3.54. The van der Waals surface area contributed by atoms with Gasteiger partial charge in [-0.3, -0.25) is 4.79 Å². The van der Waals surface area contributed by atoms with E-state index in [0.717, 1.165) is 4.47 Å². The Balaban J connectivity index is 1.59. The van der Waals surface area contributed by atoms with E-state index in [1.807, 2.05) is 12.1 Å². The van der Waals surface area contributed by atoms with Gasteiger partial charge in [0, 0.05) is 16.1 Å². The molecule has 1 aliphatic heterocycles. The number of Topliss-reactive ketones (excluding diaryl/α,β-unsaturated/α-hetero) is 1. The van der Waals surface area contributed by atoms with Crippen LogP contribution in [0.2, 0.25) is 0 Å². The second kappa shape index (κ2) is 8.65. The Morgan fingerprint density at radius 2 is 1.74 bits per heavy atom. The molecule has 6 nitrogen and oxygen atoms in total. The Morgan fingerprint density at radius 3 is 2.52 bits per heavy atom. The highest BCUT2D eigenvalue weighted by Crippen LogP contribution is 2.36. The fraction of sp³-hybridized carbons (Fsp3) is 0.0833. The van der Waals surface area contributed by atoms with Gasteiger partial charge in [0.25, 0.3) is 0 Å². The molecule has 0 aromatic heterocycles. The van der Waals surface area contributed by atoms with E-state index in [4.69, 9.17) is 18.9 Å². The third kappa shape index (κ3) is 4.18. The third-order valence-electron chi connectivity index (χ3n) is 4.66. The van der Waals surface area contributed by atoms with Gasteiger partial charge in [0.1, 0.15) is 28.6 Å². The molecule has 3 aromatic rings. The molecule has 0 aliphatic carbocycles. The first-order valence-electron chi connectivity index (χ1n) is 9.27. The van der Waals surface area contributed by atoms with E-state index in [9.17, 15) is 9.59 Å². The highest BCUT2D eigenvalue weighted by Gasteiger charge is 2.28. The van der Waals surface area contributed by atoms with Crippen molar-refractivity contribution in [2.45, 2.75) is 0 Å². The molecule has 31 heavy (non-hydrogen) atoms. The maximum Gasteiger partial charge on any atom is 0.347 e. The summed E-state index contributed by atoms with van der Waals surface area (Å²) in [5.41, 5.74) is 1.37. The van der Waals surface area contributed by atoms with Crippen molar-refractivity contribution < 1.29 is 28.5 Å². The van der Waals surface area contributed by atoms with Gasteiger partial charge in [-0.2, -0.15) is 0 Å². The second-order valence-electron chi connectivity index (χ2n) is 6.57. The van der Waals surface area contributed by atoms with Gasteiger partial charge in [0.05, 0.1) is 19.8 Å². The summed E-state index contributed by atoms with van der Waals surface area (Å²) < 4.78 is 22.6. The van der Waals surface area contributed by atoms with Crippen molar-refractivity contribution in [3.63, 3.8) is 0 Å². The van der Waals surface area contributed by atoms with Crippen LogP contribution in [0.15, 0.2) is 70.9 Å². The average Bonchev–Trinajstić information content (AvgIpc) is 3.08. The number of halogens is 1. The minimum absolute atomic E-state index is 0.152. The summed E-state index contributed by atoms with van der Waals surface area (Å²) in [6.45, 7) is 0. The van der Waals surface area contributed by atoms with Crippen molar-refractivity contribution in [3.8, 4) is 23.0 Å². The van der Waals surface area contributed by atoms with Gasteiger partial charge in [0.15, 0.2) is 5.76 Å². The number of esters is 1. The summed E-state index contributed by atoms with van der Waals surface area (Å²) in [5.74, 6) is 0.901. The molecule has 156 valence electrons. The summed E-state index contributed by atoms with van der Waals surface area (Å²) >= 11 is 3.41. The van der Waals surface area contributed by atoms with E-state index in [0.29, 0.717) is 33.9 Å². The van der Waals surface area contributed by atoms with E-state index in [2.05, 4.69) is 15.9 Å². The standard InChI is InChI=1S/C24H17BrO6/c1-28-19-10-7-15(25)11-14(19)12-22-23(26)17-9-8-16(13-21(17)31-22)30-24(27)18-5-3-4-6-20(18)29-2/h3-13H,1-2H3/b22-12-. The van der Waals surface area contributed by atoms with Crippen LogP contribution in [-0.2, 0) is 0 Å². The van der Waals surface area contributed by atoms with Gasteiger partial charge in [-0.1, -0.05) is 28.1 Å². The number of ketones is 1. The van der Waals surface area contributed by atoms with Gasteiger partial charge < -0.3 is 18.9 Å². The van der Waals surface area contributed by atoms with E-state index in [-0.39, 0.29) is 17.3 Å². The van der Waals surface area contributed by atoms with Gasteiger partial charge >= 0.3 is 5.97 Å². The maximum absolute atomic E-state index is 12.8. The van der Waals surface area contributed by atoms with Crippen LogP contribution in [0.25, 0.3) is 6.08 Å². The summed E-state index contributed by atoms with van der Waals surface area (Å²) in [6.07, 6.45) is 1.62. The maximum atomic E-state index is 12.8. The van der Waals surface area contributed by atoms with Crippen molar-refractivity contribution in [3.05, 3.63) is 87.6 Å². The van der Waals surface area contributed by atoms with Crippen LogP contribution in [0.3, 0.4) is 0 Å². The Hall–Kier alpha value is -3.58. The molecule has 0 atom stereocenters. The zero-order valence-corrected chi connectivity index (χ0v) is 18.3. The topological polar surface area (TPSA) is 71.1 Å². The van der Waals surface area contributed by atoms with E-state index < -0.39 is 5.97 Å². The number of fused-ring (bicyclic) bond motifs is 1. The quantitative estimate of drug-likeness (QED) is 0.280. The summed E-state index contributed by atoms with van der Waals surface area (Å²) in [5, 5.41) is 0. The molecule has 0 fully saturated rings. The molecule has 0 bridgehead atoms. The number of carbonyl (C=O) groups excluding carboxylic acids is 2. The number of rotatable bonds is 5. The molecule has 0 unspecified atom stereocenters. The molecular weight excluding hydrogens is 464 g/mol. The number of benzene rings is 3. The Bertz CT molecular complexity index is 1210. The SMILES string of the molecule is COc1ccc(Br)cc1/C=C1\Oc2cc(OC(=O)c3ccccc3OC)ccc2C1=O. The highest BCUT2D eigenvalue weighted by molar-refractivity contribution is 9.10. The summed E-state index contributed by atoms with van der Waals surface area (Å²) in [4.78, 5) is 25.3. The zero-order valence-electron chi connectivity index (χ0n) is 16.7. The molecule has 0 saturated heterocycles. The summed E-state index contributed by atoms with van der Waals surface area (Å²) in [6, 6.07) is 16.9. The largest absolute Gasteiger partial charge is 0.496 e. The second-order valence-corrected chi connectivity index (χ2v) is 7.49. The molecule has 0 saturated carbocycles. The molecule has 0 radical (unpaired) electrons. The molecular formula is C24H17BrO6. The van der Waals surface area contributed by atoms with Crippen LogP contribution >= 0.6 is 15.9 Å². The third-order valence-corrected chi connectivity index (χ3v) is 5.15. The van der Waals surface area contributed by atoms with Crippen LogP contribution in [0, 0.1) is 0 Å². The van der Waals surface area contributed by atoms with Crippen LogP contribution in [0.1, 0.15) is 26.3 Å². The van der Waals surface area contributed by atoms with Crippen LogP contribution in [0.5, 0.6) is 23.0 Å².